The van der Waals surface area contributed by atoms with Crippen LogP contribution in [0.3, 0.4) is 0 Å². The van der Waals surface area contributed by atoms with Crippen molar-refractivity contribution in [2.24, 2.45) is 0 Å². The van der Waals surface area contributed by atoms with E-state index in [0.29, 0.717) is 17.3 Å². The van der Waals surface area contributed by atoms with E-state index < -0.39 is 17.7 Å². The van der Waals surface area contributed by atoms with Crippen LogP contribution in [-0.2, 0) is 4.79 Å². The maximum Gasteiger partial charge on any atom is 0.290 e. The Morgan fingerprint density at radius 2 is 1.83 bits per heavy atom. The van der Waals surface area contributed by atoms with Crippen LogP contribution in [0.5, 0.6) is 0 Å². The standard InChI is InChI=1S/C24H30N2O3S/c1-5-25(6-2)13-14-26-21(18-11-9-17(10-12-18)16(3)4)20(23(28)24(26)29)22(27)19-8-7-15-30-19/h7-12,15-16,21,28H,5-6,13-14H2,1-4H3/p+1/t21-/m0/s1. The van der Waals surface area contributed by atoms with Gasteiger partial charge in [0.25, 0.3) is 5.91 Å². The summed E-state index contributed by atoms with van der Waals surface area (Å²) in [6.45, 7) is 11.7. The number of carbonyl (C=O) groups excluding carboxylic acids is 2. The summed E-state index contributed by atoms with van der Waals surface area (Å²) in [5, 5.41) is 12.5. The van der Waals surface area contributed by atoms with Crippen molar-refractivity contribution in [3.63, 3.8) is 0 Å². The van der Waals surface area contributed by atoms with Gasteiger partial charge >= 0.3 is 0 Å². The lowest BCUT2D eigenvalue weighted by molar-refractivity contribution is -0.895. The van der Waals surface area contributed by atoms with Crippen molar-refractivity contribution in [2.45, 2.75) is 39.7 Å². The molecule has 0 saturated carbocycles. The van der Waals surface area contributed by atoms with E-state index >= 15 is 0 Å². The van der Waals surface area contributed by atoms with E-state index in [1.165, 1.54) is 21.8 Å². The van der Waals surface area contributed by atoms with Crippen molar-refractivity contribution in [1.82, 2.24) is 4.90 Å². The van der Waals surface area contributed by atoms with E-state index in [1.54, 1.807) is 17.0 Å². The number of hydrogen-bond donors (Lipinski definition) is 2. The van der Waals surface area contributed by atoms with Gasteiger partial charge in [0.15, 0.2) is 5.76 Å². The second-order valence-corrected chi connectivity index (χ2v) is 8.95. The summed E-state index contributed by atoms with van der Waals surface area (Å²) in [6.07, 6.45) is 0. The van der Waals surface area contributed by atoms with Crippen LogP contribution in [0.15, 0.2) is 53.1 Å². The van der Waals surface area contributed by atoms with Gasteiger partial charge in [-0.25, -0.2) is 0 Å². The highest BCUT2D eigenvalue weighted by molar-refractivity contribution is 7.12. The molecule has 0 aliphatic carbocycles. The molecule has 1 atom stereocenters. The lowest BCUT2D eigenvalue weighted by Crippen LogP contribution is -3.12. The molecule has 1 aliphatic rings. The van der Waals surface area contributed by atoms with Crippen molar-refractivity contribution in [3.05, 3.63) is 69.1 Å². The number of aliphatic hydroxyl groups is 1. The molecular formula is C24H31N2O3S+. The zero-order chi connectivity index (χ0) is 21.8. The predicted octanol–water partition coefficient (Wildman–Crippen LogP) is 3.37. The summed E-state index contributed by atoms with van der Waals surface area (Å²) in [7, 11) is 0. The summed E-state index contributed by atoms with van der Waals surface area (Å²) in [5.74, 6) is -0.755. The first-order valence-corrected chi connectivity index (χ1v) is 11.5. The molecule has 0 spiro atoms. The highest BCUT2D eigenvalue weighted by atomic mass is 32.1. The number of benzene rings is 1. The number of nitrogens with one attached hydrogen (secondary N) is 1. The molecule has 1 amide bonds. The summed E-state index contributed by atoms with van der Waals surface area (Å²) in [6, 6.07) is 11.0. The Balaban J connectivity index is 2.00. The van der Waals surface area contributed by atoms with Gasteiger partial charge in [-0.3, -0.25) is 9.59 Å². The second-order valence-electron chi connectivity index (χ2n) is 8.00. The van der Waals surface area contributed by atoms with Crippen LogP contribution in [0.2, 0.25) is 0 Å². The molecule has 6 heteroatoms. The minimum atomic E-state index is -0.566. The molecule has 1 aliphatic heterocycles. The molecule has 2 heterocycles. The monoisotopic (exact) mass is 427 g/mol. The molecule has 3 rings (SSSR count). The molecule has 0 bridgehead atoms. The average molecular weight is 428 g/mol. The number of likely N-dealkylation sites (N-methyl/N-ethyl adjacent to an activating group) is 1. The third-order valence-electron chi connectivity index (χ3n) is 5.92. The van der Waals surface area contributed by atoms with E-state index in [4.69, 9.17) is 0 Å². The van der Waals surface area contributed by atoms with Gasteiger partial charge in [0.2, 0.25) is 5.78 Å². The molecule has 30 heavy (non-hydrogen) atoms. The molecular weight excluding hydrogens is 396 g/mol. The first-order valence-electron chi connectivity index (χ1n) is 10.6. The van der Waals surface area contributed by atoms with Crippen LogP contribution in [-0.4, -0.2) is 47.9 Å². The van der Waals surface area contributed by atoms with Crippen LogP contribution in [0.4, 0.5) is 0 Å². The number of hydrogen-bond acceptors (Lipinski definition) is 4. The van der Waals surface area contributed by atoms with Crippen molar-refractivity contribution in [3.8, 4) is 0 Å². The van der Waals surface area contributed by atoms with Gasteiger partial charge in [-0.1, -0.05) is 44.2 Å². The van der Waals surface area contributed by atoms with Crippen molar-refractivity contribution in [1.29, 1.82) is 0 Å². The third-order valence-corrected chi connectivity index (χ3v) is 6.79. The van der Waals surface area contributed by atoms with Gasteiger partial charge in [-0.15, -0.1) is 11.3 Å². The summed E-state index contributed by atoms with van der Waals surface area (Å²) in [4.78, 5) is 29.8. The first-order chi connectivity index (χ1) is 14.4. The number of quaternary nitrogens is 1. The van der Waals surface area contributed by atoms with Crippen LogP contribution < -0.4 is 4.90 Å². The molecule has 0 radical (unpaired) electrons. The Kier molecular flexibility index (Phi) is 7.10. The number of aliphatic hydroxyl groups excluding tert-OH is 1. The fraction of sp³-hybridized carbons (Fsp3) is 0.417. The molecule has 0 fully saturated rings. The molecule has 5 nitrogen and oxygen atoms in total. The van der Waals surface area contributed by atoms with Crippen molar-refractivity contribution in [2.75, 3.05) is 26.2 Å². The van der Waals surface area contributed by atoms with Gasteiger partial charge in [0.1, 0.15) is 0 Å². The van der Waals surface area contributed by atoms with Crippen LogP contribution >= 0.6 is 11.3 Å². The Bertz CT molecular complexity index is 912. The topological polar surface area (TPSA) is 62.1 Å². The fourth-order valence-electron chi connectivity index (χ4n) is 3.95. The Labute approximate surface area is 182 Å². The summed E-state index contributed by atoms with van der Waals surface area (Å²) < 4.78 is 0. The van der Waals surface area contributed by atoms with Gasteiger partial charge in [0.05, 0.1) is 42.7 Å². The number of nitrogens with zero attached hydrogens (tertiary/aromatic N) is 1. The summed E-state index contributed by atoms with van der Waals surface area (Å²) in [5.41, 5.74) is 2.24. The summed E-state index contributed by atoms with van der Waals surface area (Å²) >= 11 is 1.32. The van der Waals surface area contributed by atoms with Gasteiger partial charge in [-0.2, -0.15) is 0 Å². The normalized spacial score (nSPS) is 16.9. The highest BCUT2D eigenvalue weighted by Crippen LogP contribution is 2.39. The minimum Gasteiger partial charge on any atom is -0.503 e. The first kappa shape index (κ1) is 22.2. The molecule has 2 N–H and O–H groups in total. The van der Waals surface area contributed by atoms with E-state index in [2.05, 4.69) is 27.7 Å². The Morgan fingerprint density at radius 3 is 2.37 bits per heavy atom. The maximum absolute atomic E-state index is 13.2. The average Bonchev–Trinajstić information content (AvgIpc) is 3.37. The largest absolute Gasteiger partial charge is 0.503 e. The number of thiophene rings is 1. The quantitative estimate of drug-likeness (QED) is 0.603. The van der Waals surface area contributed by atoms with Gasteiger partial charge in [0, 0.05) is 0 Å². The van der Waals surface area contributed by atoms with Crippen LogP contribution in [0.25, 0.3) is 0 Å². The molecule has 0 unspecified atom stereocenters. The number of Topliss-reactive ketones (excluding diaryl/α,β-unsaturated/α-hetero) is 1. The molecule has 1 aromatic heterocycles. The van der Waals surface area contributed by atoms with E-state index in [0.717, 1.165) is 25.2 Å². The number of ketones is 1. The van der Waals surface area contributed by atoms with Gasteiger partial charge in [-0.05, 0) is 42.3 Å². The van der Waals surface area contributed by atoms with E-state index in [-0.39, 0.29) is 11.4 Å². The zero-order valence-corrected chi connectivity index (χ0v) is 19.0. The van der Waals surface area contributed by atoms with Crippen molar-refractivity contribution >= 4 is 23.0 Å². The van der Waals surface area contributed by atoms with Gasteiger partial charge < -0.3 is 14.9 Å². The number of rotatable bonds is 9. The third kappa shape index (κ3) is 4.35. The molecule has 0 saturated heterocycles. The van der Waals surface area contributed by atoms with Crippen LogP contribution in [0, 0.1) is 0 Å². The number of carbonyl (C=O) groups is 2. The fourth-order valence-corrected chi connectivity index (χ4v) is 4.63. The maximum atomic E-state index is 13.2. The highest BCUT2D eigenvalue weighted by Gasteiger charge is 2.44. The second kappa shape index (κ2) is 9.58. The molecule has 160 valence electrons. The minimum absolute atomic E-state index is 0.189. The smallest absolute Gasteiger partial charge is 0.290 e. The van der Waals surface area contributed by atoms with E-state index in [9.17, 15) is 14.7 Å². The lowest BCUT2D eigenvalue weighted by Gasteiger charge is -2.28. The zero-order valence-electron chi connectivity index (χ0n) is 18.1. The van der Waals surface area contributed by atoms with E-state index in [1.807, 2.05) is 29.6 Å². The SMILES string of the molecule is CC[NH+](CC)CCN1C(=O)C(O)=C(C(=O)c2cccs2)[C@@H]1c1ccc(C(C)C)cc1. The predicted molar refractivity (Wildman–Crippen MR) is 120 cm³/mol. The lowest BCUT2D eigenvalue weighted by atomic mass is 9.93. The van der Waals surface area contributed by atoms with Crippen LogP contribution in [0.1, 0.15) is 60.5 Å². The molecule has 1 aromatic carbocycles. The Morgan fingerprint density at radius 1 is 1.17 bits per heavy atom. The molecule has 2 aromatic rings. The van der Waals surface area contributed by atoms with Crippen molar-refractivity contribution < 1.29 is 19.6 Å². The Hall–Kier alpha value is -2.44. The number of amides is 1.